The normalized spacial score (nSPS) is 22.3. The second kappa shape index (κ2) is 7.32. The predicted octanol–water partition coefficient (Wildman–Crippen LogP) is 3.54. The van der Waals surface area contributed by atoms with Crippen LogP contribution in [0, 0.1) is 5.82 Å². The Kier molecular flexibility index (Phi) is 4.43. The van der Waals surface area contributed by atoms with Crippen LogP contribution in [0.2, 0.25) is 0 Å². The number of anilines is 1. The summed E-state index contributed by atoms with van der Waals surface area (Å²) in [5, 5.41) is 8.10. The quantitative estimate of drug-likeness (QED) is 0.528. The zero-order valence-corrected chi connectivity index (χ0v) is 17.4. The molecule has 2 fully saturated rings. The SMILES string of the molecule is C[C@H]1CO[C@@H](CN2CCC2)CN1c1ccc2nc(-c3n[nH]c4cc(F)ccc34)[nH]c2c1. The Morgan fingerprint density at radius 3 is 2.90 bits per heavy atom. The van der Waals surface area contributed by atoms with Gasteiger partial charge >= 0.3 is 0 Å². The molecule has 2 atom stereocenters. The molecule has 6 rings (SSSR count). The number of hydrogen-bond acceptors (Lipinski definition) is 5. The maximum atomic E-state index is 13.5. The molecule has 8 heteroatoms. The van der Waals surface area contributed by atoms with Gasteiger partial charge in [-0.15, -0.1) is 0 Å². The van der Waals surface area contributed by atoms with Crippen LogP contribution in [0.25, 0.3) is 33.5 Å². The van der Waals surface area contributed by atoms with Gasteiger partial charge in [0.2, 0.25) is 0 Å². The van der Waals surface area contributed by atoms with Gasteiger partial charge in [0.05, 0.1) is 29.3 Å². The van der Waals surface area contributed by atoms with Crippen LogP contribution in [0.15, 0.2) is 36.4 Å². The number of nitrogens with one attached hydrogen (secondary N) is 2. The summed E-state index contributed by atoms with van der Waals surface area (Å²) in [5.41, 5.74) is 4.37. The Balaban J connectivity index is 1.30. The Labute approximate surface area is 179 Å². The molecule has 0 aliphatic carbocycles. The molecular weight excluding hydrogens is 395 g/mol. The zero-order chi connectivity index (χ0) is 20.9. The molecule has 0 saturated carbocycles. The molecule has 4 aromatic rings. The Morgan fingerprint density at radius 1 is 1.16 bits per heavy atom. The molecule has 7 nitrogen and oxygen atoms in total. The average molecular weight is 420 g/mol. The molecule has 0 unspecified atom stereocenters. The van der Waals surface area contributed by atoms with Crippen molar-refractivity contribution in [3.63, 3.8) is 0 Å². The summed E-state index contributed by atoms with van der Waals surface area (Å²) in [7, 11) is 0. The van der Waals surface area contributed by atoms with Crippen LogP contribution in [0.1, 0.15) is 13.3 Å². The highest BCUT2D eigenvalue weighted by Crippen LogP contribution is 2.30. The van der Waals surface area contributed by atoms with E-state index in [1.165, 1.54) is 37.3 Å². The molecule has 2 aliphatic heterocycles. The van der Waals surface area contributed by atoms with E-state index in [-0.39, 0.29) is 11.9 Å². The topological polar surface area (TPSA) is 73.1 Å². The molecule has 0 radical (unpaired) electrons. The maximum Gasteiger partial charge on any atom is 0.159 e. The van der Waals surface area contributed by atoms with E-state index in [1.54, 1.807) is 6.07 Å². The van der Waals surface area contributed by atoms with Crippen LogP contribution in [0.4, 0.5) is 10.1 Å². The summed E-state index contributed by atoms with van der Waals surface area (Å²) in [5.74, 6) is 0.389. The van der Waals surface area contributed by atoms with Gasteiger partial charge in [-0.05, 0) is 62.8 Å². The lowest BCUT2D eigenvalue weighted by molar-refractivity contribution is -0.0101. The van der Waals surface area contributed by atoms with E-state index < -0.39 is 0 Å². The van der Waals surface area contributed by atoms with Crippen molar-refractivity contribution in [2.45, 2.75) is 25.5 Å². The number of H-pyrrole nitrogens is 2. The number of fused-ring (bicyclic) bond motifs is 2. The van der Waals surface area contributed by atoms with E-state index in [9.17, 15) is 4.39 Å². The van der Waals surface area contributed by atoms with Gasteiger partial charge in [0, 0.05) is 30.2 Å². The Hall–Kier alpha value is -2.97. The first-order valence-electron chi connectivity index (χ1n) is 10.9. The van der Waals surface area contributed by atoms with E-state index >= 15 is 0 Å². The molecule has 31 heavy (non-hydrogen) atoms. The second-order valence-electron chi connectivity index (χ2n) is 8.66. The highest BCUT2D eigenvalue weighted by atomic mass is 19.1. The van der Waals surface area contributed by atoms with Gasteiger partial charge in [-0.25, -0.2) is 9.37 Å². The number of nitrogens with zero attached hydrogens (tertiary/aromatic N) is 4. The molecule has 2 aliphatic rings. The lowest BCUT2D eigenvalue weighted by Gasteiger charge is -2.42. The first kappa shape index (κ1) is 18.8. The Morgan fingerprint density at radius 2 is 2.06 bits per heavy atom. The van der Waals surface area contributed by atoms with Crippen LogP contribution < -0.4 is 4.90 Å². The van der Waals surface area contributed by atoms with E-state index in [0.717, 1.165) is 36.1 Å². The van der Waals surface area contributed by atoms with E-state index in [4.69, 9.17) is 9.72 Å². The molecule has 2 aromatic heterocycles. The molecule has 160 valence electrons. The van der Waals surface area contributed by atoms with Gasteiger partial charge in [-0.1, -0.05) is 0 Å². The van der Waals surface area contributed by atoms with Crippen molar-refractivity contribution < 1.29 is 9.13 Å². The van der Waals surface area contributed by atoms with E-state index in [2.05, 4.69) is 44.0 Å². The van der Waals surface area contributed by atoms with E-state index in [0.29, 0.717) is 23.1 Å². The molecule has 2 saturated heterocycles. The van der Waals surface area contributed by atoms with Gasteiger partial charge in [0.25, 0.3) is 0 Å². The molecule has 0 bridgehead atoms. The summed E-state index contributed by atoms with van der Waals surface area (Å²) in [6, 6.07) is 11.3. The number of likely N-dealkylation sites (tertiary alicyclic amines) is 1. The lowest BCUT2D eigenvalue weighted by Crippen LogP contribution is -2.53. The number of ether oxygens (including phenoxy) is 1. The first-order valence-corrected chi connectivity index (χ1v) is 10.9. The minimum absolute atomic E-state index is 0.236. The number of aromatic nitrogens is 4. The molecule has 0 amide bonds. The minimum Gasteiger partial charge on any atom is -0.373 e. The van der Waals surface area contributed by atoms with Gasteiger partial charge < -0.3 is 19.5 Å². The third-order valence-corrected chi connectivity index (χ3v) is 6.46. The van der Waals surface area contributed by atoms with Crippen molar-refractivity contribution in [1.29, 1.82) is 0 Å². The summed E-state index contributed by atoms with van der Waals surface area (Å²) in [6.45, 7) is 7.21. The average Bonchev–Trinajstić information content (AvgIpc) is 3.34. The Bertz CT molecular complexity index is 1250. The zero-order valence-electron chi connectivity index (χ0n) is 17.4. The number of aromatic amines is 2. The third kappa shape index (κ3) is 3.36. The van der Waals surface area contributed by atoms with Crippen LogP contribution in [-0.4, -0.2) is 70.0 Å². The molecule has 2 N–H and O–H groups in total. The fraction of sp³-hybridized carbons (Fsp3) is 0.391. The molecule has 0 spiro atoms. The summed E-state index contributed by atoms with van der Waals surface area (Å²) in [4.78, 5) is 13.0. The minimum atomic E-state index is -0.288. The third-order valence-electron chi connectivity index (χ3n) is 6.46. The number of benzene rings is 2. The summed E-state index contributed by atoms with van der Waals surface area (Å²) < 4.78 is 19.6. The maximum absolute atomic E-state index is 13.5. The fourth-order valence-corrected chi connectivity index (χ4v) is 4.60. The molecular formula is C23H25FN6O. The standard InChI is InChI=1S/C23H25FN6O/c1-14-13-31-17(11-29-7-2-8-29)12-30(14)16-4-6-19-21(10-16)26-23(25-19)22-18-5-3-15(24)9-20(18)27-28-22/h3-6,9-10,14,17H,2,7-8,11-13H2,1H3,(H,25,26)(H,27,28)/t14-,17-/m0/s1. The van der Waals surface area contributed by atoms with Crippen molar-refractivity contribution in [2.75, 3.05) is 37.7 Å². The van der Waals surface area contributed by atoms with Crippen LogP contribution in [0.3, 0.4) is 0 Å². The van der Waals surface area contributed by atoms with Gasteiger partial charge in [-0.3, -0.25) is 5.10 Å². The van der Waals surface area contributed by atoms with Crippen molar-refractivity contribution in [2.24, 2.45) is 0 Å². The first-order chi connectivity index (χ1) is 15.1. The predicted molar refractivity (Wildman–Crippen MR) is 119 cm³/mol. The van der Waals surface area contributed by atoms with Gasteiger partial charge in [0.1, 0.15) is 11.5 Å². The summed E-state index contributed by atoms with van der Waals surface area (Å²) >= 11 is 0. The van der Waals surface area contributed by atoms with Crippen molar-refractivity contribution >= 4 is 27.6 Å². The highest BCUT2D eigenvalue weighted by molar-refractivity contribution is 5.93. The number of rotatable bonds is 4. The van der Waals surface area contributed by atoms with Gasteiger partial charge in [-0.2, -0.15) is 5.10 Å². The van der Waals surface area contributed by atoms with Gasteiger partial charge in [0.15, 0.2) is 5.82 Å². The monoisotopic (exact) mass is 420 g/mol. The van der Waals surface area contributed by atoms with E-state index in [1.807, 2.05) is 6.07 Å². The van der Waals surface area contributed by atoms with Crippen LogP contribution >= 0.6 is 0 Å². The number of imidazole rings is 1. The number of halogens is 1. The molecule has 4 heterocycles. The number of morpholine rings is 1. The number of hydrogen-bond donors (Lipinski definition) is 2. The van der Waals surface area contributed by atoms with Crippen molar-refractivity contribution in [3.8, 4) is 11.5 Å². The van der Waals surface area contributed by atoms with Crippen molar-refractivity contribution in [3.05, 3.63) is 42.2 Å². The van der Waals surface area contributed by atoms with Crippen molar-refractivity contribution in [1.82, 2.24) is 25.1 Å². The van der Waals surface area contributed by atoms with Crippen LogP contribution in [-0.2, 0) is 4.74 Å². The highest BCUT2D eigenvalue weighted by Gasteiger charge is 2.29. The summed E-state index contributed by atoms with van der Waals surface area (Å²) in [6.07, 6.45) is 1.53. The smallest absolute Gasteiger partial charge is 0.159 e. The molecule has 2 aromatic carbocycles. The van der Waals surface area contributed by atoms with Crippen LogP contribution in [0.5, 0.6) is 0 Å². The fourth-order valence-electron chi connectivity index (χ4n) is 4.60. The second-order valence-corrected chi connectivity index (χ2v) is 8.66. The lowest BCUT2D eigenvalue weighted by atomic mass is 10.1. The largest absolute Gasteiger partial charge is 0.373 e.